The smallest absolute Gasteiger partial charge is 0.242 e. The topological polar surface area (TPSA) is 128 Å². The molecule has 2 amide bonds. The van der Waals surface area contributed by atoms with Crippen LogP contribution < -0.4 is 35.6 Å². The number of methoxy groups -OCH3 is 3. The molecule has 0 spiro atoms. The molecule has 0 fully saturated rings. The van der Waals surface area contributed by atoms with Crippen molar-refractivity contribution < 1.29 is 23.8 Å². The van der Waals surface area contributed by atoms with Gasteiger partial charge in [-0.3, -0.25) is 19.4 Å². The van der Waals surface area contributed by atoms with Gasteiger partial charge >= 0.3 is 0 Å². The van der Waals surface area contributed by atoms with E-state index in [0.717, 1.165) is 16.8 Å². The quantitative estimate of drug-likeness (QED) is 0.301. The first kappa shape index (κ1) is 31.3. The summed E-state index contributed by atoms with van der Waals surface area (Å²) in [5.41, 5.74) is 3.77. The Balaban J connectivity index is 1.81. The fraction of sp³-hybridized carbons (Fsp3) is 0.394. The number of anilines is 1. The van der Waals surface area contributed by atoms with Crippen LogP contribution in [-0.2, 0) is 22.6 Å². The average molecular weight is 589 g/mol. The van der Waals surface area contributed by atoms with Gasteiger partial charge in [-0.05, 0) is 72.2 Å². The zero-order chi connectivity index (χ0) is 31.1. The summed E-state index contributed by atoms with van der Waals surface area (Å²) in [6.45, 7) is 5.78. The minimum Gasteiger partial charge on any atom is -0.493 e. The number of amides is 2. The van der Waals surface area contributed by atoms with Crippen molar-refractivity contribution in [3.8, 4) is 28.4 Å². The Morgan fingerprint density at radius 3 is 2.42 bits per heavy atom. The van der Waals surface area contributed by atoms with Gasteiger partial charge in [0.15, 0.2) is 11.5 Å². The number of aromatic nitrogens is 1. The van der Waals surface area contributed by atoms with Gasteiger partial charge in [0.05, 0.1) is 45.3 Å². The second kappa shape index (κ2) is 14.0. The van der Waals surface area contributed by atoms with Crippen LogP contribution in [0.4, 0.5) is 5.69 Å². The number of carbonyl (C=O) groups is 2. The number of ether oxygens (including phenoxy) is 3. The number of hydrogen-bond acceptors (Lipinski definition) is 8. The van der Waals surface area contributed by atoms with E-state index < -0.39 is 12.1 Å². The predicted molar refractivity (Wildman–Crippen MR) is 166 cm³/mol. The number of fused-ring (bicyclic) bond motifs is 3. The molecule has 10 heteroatoms. The summed E-state index contributed by atoms with van der Waals surface area (Å²) >= 11 is 0. The highest BCUT2D eigenvalue weighted by atomic mass is 16.5. The van der Waals surface area contributed by atoms with E-state index in [2.05, 4.69) is 20.9 Å². The van der Waals surface area contributed by atoms with Crippen LogP contribution >= 0.6 is 0 Å². The van der Waals surface area contributed by atoms with Gasteiger partial charge < -0.3 is 30.2 Å². The molecule has 3 N–H and O–H groups in total. The lowest BCUT2D eigenvalue weighted by molar-refractivity contribution is -0.122. The molecule has 1 aliphatic rings. The van der Waals surface area contributed by atoms with Crippen molar-refractivity contribution in [1.82, 2.24) is 15.6 Å². The zero-order valence-electron chi connectivity index (χ0n) is 25.6. The molecule has 4 rings (SSSR count). The molecular weight excluding hydrogens is 548 g/mol. The lowest BCUT2D eigenvalue weighted by Crippen LogP contribution is -2.41. The number of carbonyl (C=O) groups excluding carboxylic acids is 2. The highest BCUT2D eigenvalue weighted by Gasteiger charge is 2.30. The zero-order valence-corrected chi connectivity index (χ0v) is 25.6. The molecular formula is C33H40N4O6. The van der Waals surface area contributed by atoms with Crippen molar-refractivity contribution >= 4 is 17.5 Å². The molecule has 2 aromatic carbocycles. The molecule has 1 heterocycles. The molecule has 0 bridgehead atoms. The molecule has 0 saturated carbocycles. The third-order valence-corrected chi connectivity index (χ3v) is 7.44. The lowest BCUT2D eigenvalue weighted by atomic mass is 9.95. The fourth-order valence-electron chi connectivity index (χ4n) is 5.52. The molecule has 1 aliphatic carbocycles. The van der Waals surface area contributed by atoms with Crippen LogP contribution in [0.5, 0.6) is 17.2 Å². The third-order valence-electron chi connectivity index (χ3n) is 7.44. The molecule has 0 radical (unpaired) electrons. The standard InChI is InChI=1S/C33H40N4O6/c1-19(2)15-27(33(40)35-18-22-9-7-8-14-34-22)37-26-13-11-23-24(17-28(26)39)25(36-20(3)38)12-10-21-16-29(41-4)31(42-5)32(43-6)30(21)23/h7-9,11,13-14,16-17,19,25,27H,10,12,15,18H2,1-6H3,(H,35,40)(H,36,38)(H,37,39)/t25-,27+/m1/s1. The van der Waals surface area contributed by atoms with Gasteiger partial charge in [-0.2, -0.15) is 0 Å². The Labute approximate surface area is 252 Å². The van der Waals surface area contributed by atoms with E-state index >= 15 is 0 Å². The molecule has 43 heavy (non-hydrogen) atoms. The van der Waals surface area contributed by atoms with E-state index in [9.17, 15) is 14.4 Å². The molecule has 0 saturated heterocycles. The van der Waals surface area contributed by atoms with Crippen LogP contribution in [0.15, 0.2) is 53.5 Å². The Bertz CT molecular complexity index is 1530. The van der Waals surface area contributed by atoms with Gasteiger partial charge in [-0.15, -0.1) is 0 Å². The van der Waals surface area contributed by atoms with E-state index in [1.807, 2.05) is 44.2 Å². The molecule has 2 atom stereocenters. The summed E-state index contributed by atoms with van der Waals surface area (Å²) < 4.78 is 17.1. The van der Waals surface area contributed by atoms with Crippen molar-refractivity contribution in [3.05, 3.63) is 75.7 Å². The second-order valence-corrected chi connectivity index (χ2v) is 11.0. The average Bonchev–Trinajstić information content (AvgIpc) is 3.23. The number of nitrogens with one attached hydrogen (secondary N) is 3. The highest BCUT2D eigenvalue weighted by Crippen LogP contribution is 2.50. The first-order valence-electron chi connectivity index (χ1n) is 14.4. The van der Waals surface area contributed by atoms with Crippen molar-refractivity contribution in [3.63, 3.8) is 0 Å². The van der Waals surface area contributed by atoms with Crippen LogP contribution in [0.2, 0.25) is 0 Å². The summed E-state index contributed by atoms with van der Waals surface area (Å²) in [5.74, 6) is 1.18. The van der Waals surface area contributed by atoms with Crippen LogP contribution in [0.1, 0.15) is 56.5 Å². The van der Waals surface area contributed by atoms with Crippen LogP contribution in [0, 0.1) is 5.92 Å². The van der Waals surface area contributed by atoms with Crippen LogP contribution in [0.3, 0.4) is 0 Å². The number of hydrogen-bond donors (Lipinski definition) is 3. The normalized spacial score (nSPS) is 14.4. The number of benzene rings is 1. The molecule has 228 valence electrons. The second-order valence-electron chi connectivity index (χ2n) is 11.0. The number of rotatable bonds is 11. The predicted octanol–water partition coefficient (Wildman–Crippen LogP) is 4.40. The molecule has 1 aromatic heterocycles. The lowest BCUT2D eigenvalue weighted by Gasteiger charge is -2.20. The monoisotopic (exact) mass is 588 g/mol. The maximum Gasteiger partial charge on any atom is 0.242 e. The van der Waals surface area contributed by atoms with Crippen molar-refractivity contribution in [1.29, 1.82) is 0 Å². The van der Waals surface area contributed by atoms with Gasteiger partial charge in [0.2, 0.25) is 23.0 Å². The Morgan fingerprint density at radius 1 is 1.02 bits per heavy atom. The van der Waals surface area contributed by atoms with E-state index in [1.165, 1.54) is 6.92 Å². The highest BCUT2D eigenvalue weighted by molar-refractivity contribution is 5.86. The largest absolute Gasteiger partial charge is 0.493 e. The first-order chi connectivity index (χ1) is 20.7. The summed E-state index contributed by atoms with van der Waals surface area (Å²) in [6.07, 6.45) is 3.34. The van der Waals surface area contributed by atoms with Crippen LogP contribution in [0.25, 0.3) is 11.1 Å². The minimum absolute atomic E-state index is 0.185. The van der Waals surface area contributed by atoms with E-state index in [1.54, 1.807) is 39.7 Å². The van der Waals surface area contributed by atoms with Gasteiger partial charge in [0.25, 0.3) is 0 Å². The van der Waals surface area contributed by atoms with E-state index in [4.69, 9.17) is 14.2 Å². The fourth-order valence-corrected chi connectivity index (χ4v) is 5.52. The maximum absolute atomic E-state index is 13.8. The number of pyridine rings is 1. The van der Waals surface area contributed by atoms with Gasteiger partial charge in [-0.1, -0.05) is 26.0 Å². The Hall–Kier alpha value is -4.60. The molecule has 3 aromatic rings. The summed E-state index contributed by atoms with van der Waals surface area (Å²) in [5, 5.41) is 9.17. The Kier molecular flexibility index (Phi) is 10.2. The number of nitrogens with zero attached hydrogens (tertiary/aromatic N) is 1. The van der Waals surface area contributed by atoms with Gasteiger partial charge in [0, 0.05) is 18.7 Å². The van der Waals surface area contributed by atoms with E-state index in [-0.39, 0.29) is 35.4 Å². The molecule has 10 nitrogen and oxygen atoms in total. The van der Waals surface area contributed by atoms with Gasteiger partial charge in [-0.25, -0.2) is 0 Å². The number of aryl methyl sites for hydroxylation is 1. The summed E-state index contributed by atoms with van der Waals surface area (Å²) in [7, 11) is 4.67. The summed E-state index contributed by atoms with van der Waals surface area (Å²) in [4.78, 5) is 43.6. The third kappa shape index (κ3) is 7.25. The van der Waals surface area contributed by atoms with E-state index in [0.29, 0.717) is 47.6 Å². The van der Waals surface area contributed by atoms with Crippen molar-refractivity contribution in [2.24, 2.45) is 5.92 Å². The first-order valence-corrected chi connectivity index (χ1v) is 14.4. The maximum atomic E-state index is 13.8. The minimum atomic E-state index is -0.657. The SMILES string of the molecule is COc1cc2c(c(OC)c1OC)-c1ccc(N[C@@H](CC(C)C)C(=O)NCc3ccccn3)c(=O)cc1[C@H](NC(C)=O)CC2. The van der Waals surface area contributed by atoms with Gasteiger partial charge in [0.1, 0.15) is 6.04 Å². The summed E-state index contributed by atoms with van der Waals surface area (Å²) in [6, 6.07) is 11.4. The molecule has 0 aliphatic heterocycles. The van der Waals surface area contributed by atoms with Crippen molar-refractivity contribution in [2.75, 3.05) is 26.6 Å². The van der Waals surface area contributed by atoms with Crippen molar-refractivity contribution in [2.45, 2.75) is 58.7 Å². The Morgan fingerprint density at radius 2 is 1.79 bits per heavy atom. The molecule has 0 unspecified atom stereocenters. The van der Waals surface area contributed by atoms with Crippen LogP contribution in [-0.4, -0.2) is 44.2 Å².